The number of hydrogen-bond acceptors (Lipinski definition) is 8. The van der Waals surface area contributed by atoms with Crippen molar-refractivity contribution in [1.82, 2.24) is 0 Å². The first kappa shape index (κ1) is 67.1. The van der Waals surface area contributed by atoms with Crippen LogP contribution in [0.2, 0.25) is 0 Å². The molecular weight excluding hydrogens is 959 g/mol. The van der Waals surface area contributed by atoms with Crippen LogP contribution in [-0.4, -0.2) is 46.5 Å². The topological polar surface area (TPSA) is 147 Å². The van der Waals surface area contributed by atoms with Gasteiger partial charge in [0.2, 0.25) is 11.9 Å². The van der Waals surface area contributed by atoms with Crippen LogP contribution in [0.25, 0.3) is 5.73 Å². The predicted octanol–water partition coefficient (Wildman–Crippen LogP) is 14.4. The average molecular weight is 1040 g/mol. The fourth-order valence-electron chi connectivity index (χ4n) is 3.80. The van der Waals surface area contributed by atoms with Crippen molar-refractivity contribution in [3.63, 3.8) is 0 Å². The Hall–Kier alpha value is -2.99. The number of ether oxygens (including phenoxy) is 2. The number of terminal acetylenes is 1. The van der Waals surface area contributed by atoms with Gasteiger partial charge in [-0.1, -0.05) is 124 Å². The van der Waals surface area contributed by atoms with Gasteiger partial charge in [0, 0.05) is 17.5 Å². The third-order valence-electron chi connectivity index (χ3n) is 7.93. The molecule has 61 heavy (non-hydrogen) atoms. The fourth-order valence-corrected chi connectivity index (χ4v) is 4.58. The van der Waals surface area contributed by atoms with E-state index in [0.29, 0.717) is 24.5 Å². The zero-order chi connectivity index (χ0) is 46.9. The summed E-state index contributed by atoms with van der Waals surface area (Å²) in [4.78, 5) is 30.5. The van der Waals surface area contributed by atoms with Crippen LogP contribution >= 0.6 is 11.8 Å². The molecule has 1 saturated heterocycles. The fraction of sp³-hybridized carbons (Fsp3) is 0.633. The summed E-state index contributed by atoms with van der Waals surface area (Å²) in [6, 6.07) is 7.20. The molecule has 0 bridgehead atoms. The summed E-state index contributed by atoms with van der Waals surface area (Å²) in [5.41, 5.74) is 14.7. The van der Waals surface area contributed by atoms with Crippen LogP contribution in [0.4, 0.5) is 4.39 Å². The molecule has 9 nitrogen and oxygen atoms in total. The van der Waals surface area contributed by atoms with Crippen molar-refractivity contribution in [3.8, 4) is 12.3 Å². The molecule has 1 fully saturated rings. The molecule has 1 aromatic rings. The second-order valence-corrected chi connectivity index (χ2v) is 16.2. The van der Waals surface area contributed by atoms with Gasteiger partial charge in [-0.2, -0.15) is 25.2 Å². The van der Waals surface area contributed by atoms with Crippen molar-refractivity contribution in [3.05, 3.63) is 70.7 Å². The van der Waals surface area contributed by atoms with Crippen LogP contribution in [-0.2, 0) is 46.7 Å². The Bertz CT molecular complexity index is 1440. The van der Waals surface area contributed by atoms with Crippen molar-refractivity contribution >= 4 is 34.9 Å². The number of carbonyl (C=O) groups excluding carboxylic acids is 2. The van der Waals surface area contributed by atoms with Crippen LogP contribution in [0.5, 0.6) is 0 Å². The van der Waals surface area contributed by atoms with Crippen molar-refractivity contribution in [2.24, 2.45) is 21.6 Å². The van der Waals surface area contributed by atoms with Crippen molar-refractivity contribution < 1.29 is 49.6 Å². The third kappa shape index (κ3) is 42.1. The Morgan fingerprint density at radius 2 is 1.62 bits per heavy atom. The maximum atomic E-state index is 13.4. The summed E-state index contributed by atoms with van der Waals surface area (Å²) in [5.74, 6) is 4.40. The number of aliphatic imine (C=N–C) groups is 2. The first-order valence-corrected chi connectivity index (χ1v) is 22.5. The zero-order valence-corrected chi connectivity index (χ0v) is 44.1. The minimum absolute atomic E-state index is 0. The van der Waals surface area contributed by atoms with Gasteiger partial charge in [-0.15, -0.1) is 13.0 Å². The van der Waals surface area contributed by atoms with Gasteiger partial charge in [0.25, 0.3) is 0 Å². The summed E-state index contributed by atoms with van der Waals surface area (Å²) in [6.07, 6.45) is 20.9. The van der Waals surface area contributed by atoms with Crippen LogP contribution in [0, 0.1) is 24.2 Å². The van der Waals surface area contributed by atoms with E-state index < -0.39 is 17.5 Å². The number of unbranched alkanes of at least 4 members (excludes halogenated alkanes) is 4. The SMILES string of the molecule is C#CC1(C[NH-])CCC(C)O1.CCC/C=C(F)/N=C(/N)C(N=CC(C)CC)=C(C)C.CCCC.CCCC.CCCCC(=O)Sc1ccc(COC(O)=C=O)cc1.C[C-](C)C.[W+2]. The third-order valence-corrected chi connectivity index (χ3v) is 8.87. The average Bonchev–Trinajstić information content (AvgIpc) is 3.62. The standard InChI is InChI=1S/C15H26FN3.C14H16O4S.C8H12NO.C4H9.2C4H10.W/c1-6-8-9-13(16)19-15(17)14(11(3)4)18-10-12(5)7-2;1-2-3-4-14(17)19-12-7-5-11(6-8-12)10-18-13(16)9-15;1-3-8(6-9)5-4-7(2)10-8;1-4(2)3;2*1-3-4-2;/h9-10,12H,6-8H2,1-5H3,(H2,17,19);5-8,16H,2-4,10H2,1H3;1,7,9H,4-6H2,2H3;1-3H3;2*3-4H2,1-2H3;/q;;2*-1;;;+2/b13-9+,18-10?;;;;;;. The molecule has 3 atom stereocenters. The molecular formula is C49H83FN4O5SW. The Kier molecular flexibility index (Phi) is 49.5. The van der Waals surface area contributed by atoms with Gasteiger partial charge >= 0.3 is 27.0 Å². The summed E-state index contributed by atoms with van der Waals surface area (Å²) in [7, 11) is 0. The Labute approximate surface area is 391 Å². The monoisotopic (exact) mass is 1040 g/mol. The van der Waals surface area contributed by atoms with Gasteiger partial charge in [0.1, 0.15) is 17.9 Å². The molecule has 348 valence electrons. The molecule has 1 aliphatic rings. The Balaban J connectivity index is -0.000000231. The molecule has 0 aromatic heterocycles. The van der Waals surface area contributed by atoms with E-state index in [4.69, 9.17) is 32.5 Å². The smallest absolute Gasteiger partial charge is 0.674 e. The minimum atomic E-state index is -0.756. The van der Waals surface area contributed by atoms with Crippen LogP contribution in [0.15, 0.2) is 68.4 Å². The molecule has 0 aliphatic carbocycles. The number of benzene rings is 1. The van der Waals surface area contributed by atoms with Gasteiger partial charge in [-0.25, -0.2) is 9.79 Å². The van der Waals surface area contributed by atoms with Crippen LogP contribution in [0.1, 0.15) is 180 Å². The largest absolute Gasteiger partial charge is 2.00 e. The minimum Gasteiger partial charge on any atom is -0.674 e. The maximum Gasteiger partial charge on any atom is 2.00 e. The zero-order valence-electron chi connectivity index (χ0n) is 40.3. The van der Waals surface area contributed by atoms with Crippen LogP contribution < -0.4 is 5.73 Å². The van der Waals surface area contributed by atoms with Gasteiger partial charge < -0.3 is 32.0 Å². The normalized spacial score (nSPS) is 15.7. The second kappa shape index (κ2) is 45.0. The molecule has 0 amide bonds. The van der Waals surface area contributed by atoms with Gasteiger partial charge in [-0.05, 0) is 88.1 Å². The van der Waals surface area contributed by atoms with Crippen LogP contribution in [0.3, 0.4) is 0 Å². The van der Waals surface area contributed by atoms with E-state index in [1.807, 2.05) is 46.0 Å². The van der Waals surface area contributed by atoms with E-state index in [2.05, 4.69) is 85.1 Å². The number of halogens is 1. The number of rotatable bonds is 17. The molecule has 0 saturated carbocycles. The number of amidine groups is 1. The second-order valence-electron chi connectivity index (χ2n) is 15.0. The van der Waals surface area contributed by atoms with E-state index in [1.165, 1.54) is 55.4 Å². The number of aliphatic hydroxyl groups excluding tert-OH is 1. The molecule has 1 heterocycles. The summed E-state index contributed by atoms with van der Waals surface area (Å²) >= 11 is 1.22. The predicted molar refractivity (Wildman–Crippen MR) is 257 cm³/mol. The number of hydrogen-bond donors (Lipinski definition) is 2. The number of carbonyl (C=O) groups is 1. The molecule has 0 radical (unpaired) electrons. The number of aliphatic hydroxyl groups is 1. The van der Waals surface area contributed by atoms with Gasteiger partial charge in [0.05, 0.1) is 6.10 Å². The quantitative estimate of drug-likeness (QED) is 0.0231. The van der Waals surface area contributed by atoms with E-state index in [-0.39, 0.29) is 51.3 Å². The first-order valence-electron chi connectivity index (χ1n) is 21.7. The number of thioether (sulfide) groups is 1. The Morgan fingerprint density at radius 1 is 1.08 bits per heavy atom. The molecule has 12 heteroatoms. The number of allylic oxidation sites excluding steroid dienone is 2. The molecule has 4 N–H and O–H groups in total. The molecule has 3 unspecified atom stereocenters. The van der Waals surface area contributed by atoms with E-state index in [9.17, 15) is 14.0 Å². The molecule has 0 spiro atoms. The molecule has 2 rings (SSSR count). The van der Waals surface area contributed by atoms with E-state index in [1.54, 1.807) is 12.1 Å². The first-order chi connectivity index (χ1) is 28.4. The number of nitrogens with zero attached hydrogens (tertiary/aromatic N) is 2. The summed E-state index contributed by atoms with van der Waals surface area (Å²) in [6.45, 7) is 29.2. The van der Waals surface area contributed by atoms with E-state index >= 15 is 0 Å². The molecule has 1 aromatic carbocycles. The Morgan fingerprint density at radius 3 is 1.98 bits per heavy atom. The number of nitrogens with one attached hydrogen (secondary N) is 1. The summed E-state index contributed by atoms with van der Waals surface area (Å²) in [5, 5.41) is 8.96. The van der Waals surface area contributed by atoms with Crippen molar-refractivity contribution in [2.45, 2.75) is 197 Å². The summed E-state index contributed by atoms with van der Waals surface area (Å²) < 4.78 is 23.6. The van der Waals surface area contributed by atoms with Gasteiger partial charge in [-0.3, -0.25) is 9.79 Å². The molecule has 1 aliphatic heterocycles. The van der Waals surface area contributed by atoms with E-state index in [0.717, 1.165) is 54.6 Å². The maximum absolute atomic E-state index is 13.4. The van der Waals surface area contributed by atoms with Crippen molar-refractivity contribution in [1.29, 1.82) is 0 Å². The number of nitrogens with two attached hydrogens (primary N) is 1. The van der Waals surface area contributed by atoms with Crippen molar-refractivity contribution in [2.75, 3.05) is 6.54 Å². The van der Waals surface area contributed by atoms with Gasteiger partial charge in [0.15, 0.2) is 11.0 Å².